The van der Waals surface area contributed by atoms with E-state index < -0.39 is 0 Å². The number of ketones is 1. The lowest BCUT2D eigenvalue weighted by Crippen LogP contribution is -2.24. The fourth-order valence-corrected chi connectivity index (χ4v) is 1.98. The van der Waals surface area contributed by atoms with Gasteiger partial charge in [0.2, 0.25) is 0 Å². The third-order valence-corrected chi connectivity index (χ3v) is 2.60. The maximum Gasteiger partial charge on any atom is 0.156 e. The van der Waals surface area contributed by atoms with Gasteiger partial charge in [0.25, 0.3) is 0 Å². The fourth-order valence-electron chi connectivity index (χ4n) is 1.98. The van der Waals surface area contributed by atoms with Gasteiger partial charge in [-0.05, 0) is 36.5 Å². The Morgan fingerprint density at radius 2 is 2.07 bits per heavy atom. The second-order valence-corrected chi connectivity index (χ2v) is 4.46. The van der Waals surface area contributed by atoms with Crippen molar-refractivity contribution in [3.8, 4) is 0 Å². The van der Waals surface area contributed by atoms with Crippen LogP contribution < -0.4 is 0 Å². The Bertz CT molecular complexity index is 327. The normalized spacial score (nSPS) is 24.4. The smallest absolute Gasteiger partial charge is 0.156 e. The van der Waals surface area contributed by atoms with Gasteiger partial charge in [-0.1, -0.05) is 32.1 Å². The van der Waals surface area contributed by atoms with Crippen LogP contribution >= 0.6 is 0 Å². The van der Waals surface area contributed by atoms with Gasteiger partial charge in [0.05, 0.1) is 0 Å². The molecule has 0 aromatic rings. The monoisotopic (exact) mass is 190 g/mol. The highest BCUT2D eigenvalue weighted by molar-refractivity contribution is 5.93. The van der Waals surface area contributed by atoms with E-state index in [1.165, 1.54) is 5.57 Å². The van der Waals surface area contributed by atoms with Gasteiger partial charge in [0.1, 0.15) is 0 Å². The van der Waals surface area contributed by atoms with E-state index in [1.54, 1.807) is 6.08 Å². The van der Waals surface area contributed by atoms with Gasteiger partial charge in [-0.25, -0.2) is 0 Å². The molecular weight excluding hydrogens is 172 g/mol. The first kappa shape index (κ1) is 11.0. The summed E-state index contributed by atoms with van der Waals surface area (Å²) in [7, 11) is 0. The second-order valence-electron chi connectivity index (χ2n) is 4.46. The van der Waals surface area contributed by atoms with E-state index in [0.29, 0.717) is 6.42 Å². The maximum atomic E-state index is 11.4. The predicted octanol–water partition coefficient (Wildman–Crippen LogP) is 3.43. The van der Waals surface area contributed by atoms with E-state index >= 15 is 0 Å². The topological polar surface area (TPSA) is 17.1 Å². The Morgan fingerprint density at radius 1 is 1.43 bits per heavy atom. The Kier molecular flexibility index (Phi) is 3.10. The molecule has 1 nitrogen and oxygen atoms in total. The van der Waals surface area contributed by atoms with Crippen LogP contribution in [0.2, 0.25) is 0 Å². The summed E-state index contributed by atoms with van der Waals surface area (Å²) < 4.78 is 0. The number of carbonyl (C=O) groups excluding carboxylic acids is 1. The highest BCUT2D eigenvalue weighted by atomic mass is 16.1. The van der Waals surface area contributed by atoms with Crippen molar-refractivity contribution in [2.24, 2.45) is 5.41 Å². The summed E-state index contributed by atoms with van der Waals surface area (Å²) >= 11 is 0. The van der Waals surface area contributed by atoms with Gasteiger partial charge < -0.3 is 0 Å². The minimum atomic E-state index is -0.0184. The molecule has 0 spiro atoms. The molecule has 0 saturated heterocycles. The molecule has 0 N–H and O–H groups in total. The molecule has 0 fully saturated rings. The molecule has 14 heavy (non-hydrogen) atoms. The fraction of sp³-hybridized carbons (Fsp3) is 0.462. The quantitative estimate of drug-likeness (QED) is 0.619. The molecule has 0 atom stereocenters. The summed E-state index contributed by atoms with van der Waals surface area (Å²) in [6.45, 7) is 8.25. The van der Waals surface area contributed by atoms with Crippen LogP contribution in [0.1, 0.15) is 34.1 Å². The molecule has 0 unspecified atom stereocenters. The van der Waals surface area contributed by atoms with Crippen molar-refractivity contribution >= 4 is 5.78 Å². The number of allylic oxidation sites excluding steroid dienone is 6. The summed E-state index contributed by atoms with van der Waals surface area (Å²) in [6, 6.07) is 0. The van der Waals surface area contributed by atoms with Crippen LogP contribution in [-0.2, 0) is 4.79 Å². The molecular formula is C13H18O. The summed E-state index contributed by atoms with van der Waals surface area (Å²) in [5, 5.41) is 0. The highest BCUT2D eigenvalue weighted by Gasteiger charge is 2.30. The summed E-state index contributed by atoms with van der Waals surface area (Å²) in [5.74, 6) is 0.241. The first-order valence-corrected chi connectivity index (χ1v) is 5.02. The first-order valence-electron chi connectivity index (χ1n) is 5.02. The van der Waals surface area contributed by atoms with Crippen LogP contribution in [-0.4, -0.2) is 5.78 Å². The summed E-state index contributed by atoms with van der Waals surface area (Å²) in [6.07, 6.45) is 8.52. The Morgan fingerprint density at radius 3 is 2.57 bits per heavy atom. The van der Waals surface area contributed by atoms with Crippen LogP contribution in [0.15, 0.2) is 35.5 Å². The van der Waals surface area contributed by atoms with Crippen molar-refractivity contribution in [2.45, 2.75) is 34.1 Å². The zero-order chi connectivity index (χ0) is 10.8. The largest absolute Gasteiger partial charge is 0.295 e. The van der Waals surface area contributed by atoms with E-state index in [9.17, 15) is 4.79 Å². The third kappa shape index (κ3) is 2.22. The number of hydrogen-bond donors (Lipinski definition) is 0. The first-order chi connectivity index (χ1) is 6.47. The van der Waals surface area contributed by atoms with Crippen molar-refractivity contribution in [1.29, 1.82) is 0 Å². The molecule has 0 amide bonds. The molecule has 0 heterocycles. The van der Waals surface area contributed by atoms with Crippen LogP contribution in [0, 0.1) is 5.41 Å². The maximum absolute atomic E-state index is 11.4. The average molecular weight is 190 g/mol. The van der Waals surface area contributed by atoms with Crippen molar-refractivity contribution in [2.75, 3.05) is 0 Å². The SMILES string of the molecule is CC=CC=C1C(C)=CC(=O)CC1(C)C. The van der Waals surface area contributed by atoms with Crippen LogP contribution in [0.3, 0.4) is 0 Å². The minimum Gasteiger partial charge on any atom is -0.295 e. The molecule has 0 aromatic carbocycles. The van der Waals surface area contributed by atoms with Gasteiger partial charge >= 0.3 is 0 Å². The molecule has 1 rings (SSSR count). The lowest BCUT2D eigenvalue weighted by Gasteiger charge is -2.31. The van der Waals surface area contributed by atoms with Gasteiger partial charge in [-0.15, -0.1) is 0 Å². The van der Waals surface area contributed by atoms with Gasteiger partial charge in [-0.3, -0.25) is 4.79 Å². The molecule has 1 aliphatic carbocycles. The predicted molar refractivity (Wildman–Crippen MR) is 60.1 cm³/mol. The lowest BCUT2D eigenvalue weighted by atomic mass is 9.72. The van der Waals surface area contributed by atoms with E-state index in [4.69, 9.17) is 0 Å². The molecule has 1 aliphatic rings. The second kappa shape index (κ2) is 3.95. The van der Waals surface area contributed by atoms with Crippen LogP contribution in [0.25, 0.3) is 0 Å². The van der Waals surface area contributed by atoms with Crippen molar-refractivity contribution < 1.29 is 4.79 Å². The Labute approximate surface area is 86.2 Å². The van der Waals surface area contributed by atoms with E-state index in [1.807, 2.05) is 26.0 Å². The third-order valence-electron chi connectivity index (χ3n) is 2.60. The Hall–Kier alpha value is -1.11. The van der Waals surface area contributed by atoms with Gasteiger partial charge in [-0.2, -0.15) is 0 Å². The van der Waals surface area contributed by atoms with E-state index in [0.717, 1.165) is 5.57 Å². The van der Waals surface area contributed by atoms with Crippen LogP contribution in [0.4, 0.5) is 0 Å². The van der Waals surface area contributed by atoms with Crippen LogP contribution in [0.5, 0.6) is 0 Å². The van der Waals surface area contributed by atoms with E-state index in [2.05, 4.69) is 19.9 Å². The molecule has 0 saturated carbocycles. The lowest BCUT2D eigenvalue weighted by molar-refractivity contribution is -0.116. The minimum absolute atomic E-state index is 0.0184. The number of hydrogen-bond acceptors (Lipinski definition) is 1. The molecule has 0 radical (unpaired) electrons. The number of rotatable bonds is 1. The van der Waals surface area contributed by atoms with Crippen molar-refractivity contribution in [3.63, 3.8) is 0 Å². The summed E-state index contributed by atoms with van der Waals surface area (Å²) in [4.78, 5) is 11.4. The Balaban J connectivity index is 3.13. The standard InChI is InChI=1S/C13H18O/c1-5-6-7-12-10(2)8-11(14)9-13(12,3)4/h5-8H,9H2,1-4H3. The zero-order valence-corrected chi connectivity index (χ0v) is 9.42. The zero-order valence-electron chi connectivity index (χ0n) is 9.42. The average Bonchev–Trinajstić information content (AvgIpc) is 2.00. The van der Waals surface area contributed by atoms with Gasteiger partial charge in [0.15, 0.2) is 5.78 Å². The molecule has 0 bridgehead atoms. The summed E-state index contributed by atoms with van der Waals surface area (Å²) in [5.41, 5.74) is 2.36. The molecule has 0 aliphatic heterocycles. The van der Waals surface area contributed by atoms with Gasteiger partial charge in [0, 0.05) is 6.42 Å². The molecule has 1 heteroatoms. The van der Waals surface area contributed by atoms with Crippen molar-refractivity contribution in [3.05, 3.63) is 35.5 Å². The number of carbonyl (C=O) groups is 1. The van der Waals surface area contributed by atoms with E-state index in [-0.39, 0.29) is 11.2 Å². The highest BCUT2D eigenvalue weighted by Crippen LogP contribution is 2.38. The molecule has 0 aromatic heterocycles. The van der Waals surface area contributed by atoms with Crippen molar-refractivity contribution in [1.82, 2.24) is 0 Å². The molecule has 76 valence electrons.